The zero-order valence-corrected chi connectivity index (χ0v) is 73.4. The second kappa shape index (κ2) is 35.9. The highest BCUT2D eigenvalue weighted by atomic mass is 19.4. The van der Waals surface area contributed by atoms with Gasteiger partial charge in [0.25, 0.3) is 0 Å². The standard InChI is InChI=1S/C41H26F3N3.C41H23N5.C39H22F3N3/c1-25-22-30(24-31(23-25)41(42,43)44)26-16-18-29(19-17-26)37-33-20-21-35-40(36(33)32-14-8-9-15-34(32)45-37)47-39(28-12-6-3-7-13-28)38(46-35)27-10-4-2-5-11-27;1-43-32-23-26(25-42)22-31(24-32)27-16-18-30(19-17-27)38-34-20-21-36-41(37(34)33-14-8-9-15-35(33)44-38)46-40(29-12-6-3-7-13-29)39(45-36)28-10-4-2-5-11-28;40-30-21-27(22-31(41)35(30)42)23-15-17-26(18-16-23)36-29-19-20-33-39(34(29)28-13-7-8-14-32(28)43-36)45-38(25-11-5-2-6-12-25)37(44-33)24-9-3-1-4-10-24/h2-24H,1H3;2-24H;1-22H. The summed E-state index contributed by atoms with van der Waals surface area (Å²) in [6.45, 7) is 9.11. The number of halogens is 6. The minimum atomic E-state index is -4.41. The Hall–Kier alpha value is -18.5. The van der Waals surface area contributed by atoms with Gasteiger partial charge in [0, 0.05) is 104 Å². The molecule has 24 aromatic rings. The fourth-order valence-electron chi connectivity index (χ4n) is 18.3. The summed E-state index contributed by atoms with van der Waals surface area (Å²) in [6.07, 6.45) is -4.41. The first-order valence-corrected chi connectivity index (χ1v) is 44.6. The zero-order valence-electron chi connectivity index (χ0n) is 73.4. The van der Waals surface area contributed by atoms with Crippen LogP contribution in [0.1, 0.15) is 16.7 Å². The van der Waals surface area contributed by atoms with Crippen molar-refractivity contribution in [2.45, 2.75) is 13.1 Å². The van der Waals surface area contributed by atoms with Crippen molar-refractivity contribution in [3.63, 3.8) is 0 Å². The lowest BCUT2D eigenvalue weighted by Gasteiger charge is -2.15. The molecule has 11 nitrogen and oxygen atoms in total. The predicted octanol–water partition coefficient (Wildman–Crippen LogP) is 32.2. The van der Waals surface area contributed by atoms with Crippen LogP contribution in [0, 0.1) is 42.3 Å². The van der Waals surface area contributed by atoms with Gasteiger partial charge < -0.3 is 0 Å². The molecule has 0 fully saturated rings. The fourth-order valence-corrected chi connectivity index (χ4v) is 18.3. The number of pyridine rings is 3. The summed E-state index contributed by atoms with van der Waals surface area (Å²) in [5, 5.41) is 18.1. The summed E-state index contributed by atoms with van der Waals surface area (Å²) < 4.78 is 82.1. The predicted molar refractivity (Wildman–Crippen MR) is 543 cm³/mol. The molecule has 24 rings (SSSR count). The molecule has 0 unspecified atom stereocenters. The van der Waals surface area contributed by atoms with Crippen molar-refractivity contribution in [2.24, 2.45) is 0 Å². The van der Waals surface area contributed by atoms with Gasteiger partial charge >= 0.3 is 6.18 Å². The lowest BCUT2D eigenvalue weighted by molar-refractivity contribution is -0.137. The van der Waals surface area contributed by atoms with Gasteiger partial charge in [0.05, 0.1) is 119 Å². The molecule has 0 aliphatic heterocycles. The summed E-state index contributed by atoms with van der Waals surface area (Å²) in [7, 11) is 0. The van der Waals surface area contributed by atoms with E-state index in [1.165, 1.54) is 12.1 Å². The minimum Gasteiger partial charge on any atom is -0.247 e. The molecule has 0 saturated carbocycles. The molecule has 0 aliphatic rings. The third-order valence-electron chi connectivity index (χ3n) is 24.8. The van der Waals surface area contributed by atoms with Gasteiger partial charge in [0.2, 0.25) is 0 Å². The highest BCUT2D eigenvalue weighted by Crippen LogP contribution is 2.46. The first-order chi connectivity index (χ1) is 67.6. The molecule has 0 radical (unpaired) electrons. The number of aromatic nitrogens is 9. The molecule has 17 heteroatoms. The smallest absolute Gasteiger partial charge is 0.247 e. The molecule has 18 aromatic carbocycles. The molecule has 138 heavy (non-hydrogen) atoms. The van der Waals surface area contributed by atoms with E-state index in [0.717, 1.165) is 223 Å². The first kappa shape index (κ1) is 85.1. The fraction of sp³-hybridized carbons (Fsp3) is 0.0165. The Kier molecular flexibility index (Phi) is 22.1. The molecule has 6 heterocycles. The van der Waals surface area contributed by atoms with Crippen molar-refractivity contribution in [1.29, 1.82) is 5.26 Å². The quantitative estimate of drug-likeness (QED) is 0.0502. The number of rotatable bonds is 12. The van der Waals surface area contributed by atoms with E-state index in [0.29, 0.717) is 33.5 Å². The second-order valence-electron chi connectivity index (χ2n) is 33.5. The van der Waals surface area contributed by atoms with E-state index in [9.17, 15) is 31.6 Å². The Labute approximate surface area is 787 Å². The highest BCUT2D eigenvalue weighted by molar-refractivity contribution is 6.24. The molecule has 0 N–H and O–H groups in total. The zero-order chi connectivity index (χ0) is 93.7. The van der Waals surface area contributed by atoms with Crippen LogP contribution in [0.15, 0.2) is 413 Å². The molecular formula is C121H71F6N11. The number of fused-ring (bicyclic) bond motifs is 15. The molecule has 0 atom stereocenters. The number of hydrogen-bond acceptors (Lipinski definition) is 10. The Balaban J connectivity index is 0.000000120. The van der Waals surface area contributed by atoms with E-state index >= 15 is 0 Å². The normalized spacial score (nSPS) is 11.4. The third-order valence-corrected chi connectivity index (χ3v) is 24.8. The van der Waals surface area contributed by atoms with Crippen molar-refractivity contribution in [3.8, 4) is 141 Å². The first-order valence-electron chi connectivity index (χ1n) is 44.6. The van der Waals surface area contributed by atoms with Crippen LogP contribution >= 0.6 is 0 Å². The summed E-state index contributed by atoms with van der Waals surface area (Å²) in [4.78, 5) is 50.5. The molecule has 0 bridgehead atoms. The van der Waals surface area contributed by atoms with Crippen LogP contribution < -0.4 is 0 Å². The Bertz CT molecular complexity index is 8970. The number of alkyl halides is 3. The molecule has 6 aromatic heterocycles. The average molecular weight is 1790 g/mol. The minimum absolute atomic E-state index is 0.248. The summed E-state index contributed by atoms with van der Waals surface area (Å²) in [5.41, 5.74) is 27.5. The van der Waals surface area contributed by atoms with E-state index in [-0.39, 0.29) is 5.56 Å². The van der Waals surface area contributed by atoms with E-state index in [1.54, 1.807) is 31.2 Å². The van der Waals surface area contributed by atoms with Crippen LogP contribution in [0.25, 0.3) is 238 Å². The molecule has 652 valence electrons. The SMILES string of the molecule is Cc1cc(-c2ccc(-c3nc4ccccc4c4c3ccc3nc(-c5ccccc5)c(-c5ccccc5)nc34)cc2)cc(C(F)(F)F)c1.Fc1cc(-c2ccc(-c3nc4ccccc4c4c3ccc3nc(-c5ccccc5)c(-c5ccccc5)nc34)cc2)cc(F)c1F.[C-]#[N+]c1cc(C#N)cc(-c2ccc(-c3nc4ccccc4c4c3ccc3nc(-c5ccccc5)c(-c5ccccc5)nc34)cc2)c1. The third kappa shape index (κ3) is 16.2. The van der Waals surface area contributed by atoms with E-state index in [4.69, 9.17) is 51.4 Å². The van der Waals surface area contributed by atoms with Gasteiger partial charge in [-0.3, -0.25) is 0 Å². The number of benzene rings is 18. The van der Waals surface area contributed by atoms with Gasteiger partial charge in [0.1, 0.15) is 0 Å². The second-order valence-corrected chi connectivity index (χ2v) is 33.5. The van der Waals surface area contributed by atoms with Crippen LogP contribution in [-0.2, 0) is 6.18 Å². The number of para-hydroxylation sites is 3. The van der Waals surface area contributed by atoms with E-state index < -0.39 is 29.2 Å². The van der Waals surface area contributed by atoms with E-state index in [1.807, 2.05) is 322 Å². The van der Waals surface area contributed by atoms with Crippen LogP contribution in [0.2, 0.25) is 0 Å². The lowest BCUT2D eigenvalue weighted by atomic mass is 9.95. The number of nitriles is 1. The lowest BCUT2D eigenvalue weighted by Crippen LogP contribution is -2.05. The van der Waals surface area contributed by atoms with Crippen LogP contribution in [-0.4, -0.2) is 44.9 Å². The summed E-state index contributed by atoms with van der Waals surface area (Å²) in [5.74, 6) is -3.94. The van der Waals surface area contributed by atoms with Crippen molar-refractivity contribution in [3.05, 3.63) is 458 Å². The Morgan fingerprint density at radius 1 is 0.246 bits per heavy atom. The summed E-state index contributed by atoms with van der Waals surface area (Å²) >= 11 is 0. The van der Waals surface area contributed by atoms with Crippen LogP contribution in [0.3, 0.4) is 0 Å². The van der Waals surface area contributed by atoms with Gasteiger partial charge in [-0.15, -0.1) is 0 Å². The number of hydrogen-bond donors (Lipinski definition) is 0. The largest absolute Gasteiger partial charge is 0.416 e. The van der Waals surface area contributed by atoms with Gasteiger partial charge in [-0.1, -0.05) is 315 Å². The molecule has 0 aliphatic carbocycles. The van der Waals surface area contributed by atoms with Gasteiger partial charge in [-0.25, -0.2) is 62.9 Å². The molecule has 0 amide bonds. The van der Waals surface area contributed by atoms with Crippen molar-refractivity contribution in [2.75, 3.05) is 0 Å². The van der Waals surface area contributed by atoms with E-state index in [2.05, 4.69) is 53.4 Å². The number of aryl methyl sites for hydroxylation is 1. The van der Waals surface area contributed by atoms with Crippen LogP contribution in [0.4, 0.5) is 32.0 Å². The van der Waals surface area contributed by atoms with Crippen molar-refractivity contribution in [1.82, 2.24) is 44.9 Å². The maximum Gasteiger partial charge on any atom is 0.416 e. The monoisotopic (exact) mass is 1790 g/mol. The average Bonchev–Trinajstić information content (AvgIpc) is 0.736. The highest BCUT2D eigenvalue weighted by Gasteiger charge is 2.32. The maximum absolute atomic E-state index is 13.9. The van der Waals surface area contributed by atoms with Crippen LogP contribution in [0.5, 0.6) is 0 Å². The van der Waals surface area contributed by atoms with Crippen molar-refractivity contribution >= 4 is 104 Å². The maximum atomic E-state index is 13.9. The van der Waals surface area contributed by atoms with Gasteiger partial charge in [0.15, 0.2) is 23.1 Å². The summed E-state index contributed by atoms with van der Waals surface area (Å²) in [6, 6.07) is 133. The molecule has 0 saturated heterocycles. The molecular weight excluding hydrogens is 1720 g/mol. The number of nitrogens with zero attached hydrogens (tertiary/aromatic N) is 11. The van der Waals surface area contributed by atoms with Gasteiger partial charge in [-0.05, 0) is 143 Å². The van der Waals surface area contributed by atoms with Gasteiger partial charge in [-0.2, -0.15) is 18.4 Å². The van der Waals surface area contributed by atoms with Crippen molar-refractivity contribution < 1.29 is 26.3 Å². The topological polar surface area (TPSA) is 144 Å². The Morgan fingerprint density at radius 2 is 0.514 bits per heavy atom. The Morgan fingerprint density at radius 3 is 0.819 bits per heavy atom. The molecule has 0 spiro atoms.